The van der Waals surface area contributed by atoms with E-state index < -0.39 is 0 Å². The lowest BCUT2D eigenvalue weighted by Crippen LogP contribution is -2.16. The van der Waals surface area contributed by atoms with Crippen LogP contribution in [0.4, 0.5) is 0 Å². The molecule has 1 N–H and O–H groups in total. The van der Waals surface area contributed by atoms with Gasteiger partial charge >= 0.3 is 0 Å². The molecule has 3 nitrogen and oxygen atoms in total. The average molecular weight is 314 g/mol. The van der Waals surface area contributed by atoms with E-state index in [1.54, 1.807) is 0 Å². The van der Waals surface area contributed by atoms with E-state index in [4.69, 9.17) is 11.6 Å². The second-order valence-corrected chi connectivity index (χ2v) is 5.89. The molecule has 0 atom stereocenters. The third-order valence-corrected chi connectivity index (χ3v) is 4.07. The number of nitrogens with zero attached hydrogens (tertiary/aromatic N) is 2. The van der Waals surface area contributed by atoms with Crippen LogP contribution in [0.15, 0.2) is 42.6 Å². The van der Waals surface area contributed by atoms with Crippen LogP contribution >= 0.6 is 11.6 Å². The number of halogens is 1. The van der Waals surface area contributed by atoms with Gasteiger partial charge in [-0.1, -0.05) is 18.5 Å². The number of aryl methyl sites for hydroxylation is 1. The van der Waals surface area contributed by atoms with Gasteiger partial charge in [0.2, 0.25) is 0 Å². The van der Waals surface area contributed by atoms with Crippen LogP contribution in [0.25, 0.3) is 16.7 Å². The monoisotopic (exact) mass is 313 g/mol. The highest BCUT2D eigenvalue weighted by molar-refractivity contribution is 6.30. The highest BCUT2D eigenvalue weighted by Crippen LogP contribution is 2.24. The first-order valence-corrected chi connectivity index (χ1v) is 8.00. The molecule has 4 heteroatoms. The second-order valence-electron chi connectivity index (χ2n) is 5.45. The molecule has 0 amide bonds. The molecule has 0 saturated heterocycles. The zero-order valence-electron chi connectivity index (χ0n) is 12.9. The van der Waals surface area contributed by atoms with Gasteiger partial charge in [0.05, 0.1) is 11.0 Å². The minimum absolute atomic E-state index is 0.752. The van der Waals surface area contributed by atoms with Crippen molar-refractivity contribution in [1.29, 1.82) is 0 Å². The van der Waals surface area contributed by atoms with Gasteiger partial charge in [-0.2, -0.15) is 0 Å². The SMILES string of the molecule is CCNCCc1cnc2cc(C)n(-c3ccc(Cl)cc3)c2c1. The van der Waals surface area contributed by atoms with Gasteiger partial charge in [0.15, 0.2) is 0 Å². The molecule has 0 unspecified atom stereocenters. The fourth-order valence-corrected chi connectivity index (χ4v) is 2.85. The van der Waals surface area contributed by atoms with Crippen molar-refractivity contribution in [1.82, 2.24) is 14.9 Å². The van der Waals surface area contributed by atoms with Crippen molar-refractivity contribution in [2.24, 2.45) is 0 Å². The van der Waals surface area contributed by atoms with E-state index in [0.717, 1.165) is 41.3 Å². The molecule has 0 bridgehead atoms. The van der Waals surface area contributed by atoms with Gasteiger partial charge in [-0.3, -0.25) is 4.98 Å². The third kappa shape index (κ3) is 3.01. The summed E-state index contributed by atoms with van der Waals surface area (Å²) in [6, 6.07) is 12.3. The molecule has 0 radical (unpaired) electrons. The molecule has 0 spiro atoms. The van der Waals surface area contributed by atoms with E-state index >= 15 is 0 Å². The molecule has 114 valence electrons. The molecule has 3 aromatic rings. The Kier molecular flexibility index (Phi) is 4.46. The van der Waals surface area contributed by atoms with E-state index in [2.05, 4.69) is 40.8 Å². The van der Waals surface area contributed by atoms with Crippen molar-refractivity contribution in [3.05, 3.63) is 58.9 Å². The Morgan fingerprint density at radius 2 is 1.95 bits per heavy atom. The van der Waals surface area contributed by atoms with Crippen LogP contribution in [-0.2, 0) is 6.42 Å². The second kappa shape index (κ2) is 6.51. The molecule has 0 saturated carbocycles. The van der Waals surface area contributed by atoms with Crippen LogP contribution in [0.1, 0.15) is 18.2 Å². The van der Waals surface area contributed by atoms with Gasteiger partial charge in [-0.05, 0) is 68.4 Å². The van der Waals surface area contributed by atoms with Crippen molar-refractivity contribution in [3.8, 4) is 5.69 Å². The van der Waals surface area contributed by atoms with E-state index in [1.165, 1.54) is 11.3 Å². The topological polar surface area (TPSA) is 29.9 Å². The minimum Gasteiger partial charge on any atom is -0.317 e. The molecule has 0 aliphatic carbocycles. The van der Waals surface area contributed by atoms with E-state index in [1.807, 2.05) is 30.5 Å². The predicted molar refractivity (Wildman–Crippen MR) is 93.1 cm³/mol. The summed E-state index contributed by atoms with van der Waals surface area (Å²) >= 11 is 6.00. The van der Waals surface area contributed by atoms with Gasteiger partial charge in [0.25, 0.3) is 0 Å². The zero-order valence-corrected chi connectivity index (χ0v) is 13.7. The number of aromatic nitrogens is 2. The van der Waals surface area contributed by atoms with E-state index in [0.29, 0.717) is 0 Å². The van der Waals surface area contributed by atoms with Crippen LogP contribution in [0.3, 0.4) is 0 Å². The summed E-state index contributed by atoms with van der Waals surface area (Å²) < 4.78 is 2.23. The van der Waals surface area contributed by atoms with Gasteiger partial charge in [0.1, 0.15) is 0 Å². The Balaban J connectivity index is 2.03. The van der Waals surface area contributed by atoms with E-state index in [-0.39, 0.29) is 0 Å². The highest BCUT2D eigenvalue weighted by atomic mass is 35.5. The first kappa shape index (κ1) is 15.1. The van der Waals surface area contributed by atoms with Crippen LogP contribution in [-0.4, -0.2) is 22.6 Å². The number of fused-ring (bicyclic) bond motifs is 1. The first-order valence-electron chi connectivity index (χ1n) is 7.62. The molecule has 2 heterocycles. The summed E-state index contributed by atoms with van der Waals surface area (Å²) in [6.07, 6.45) is 2.97. The van der Waals surface area contributed by atoms with Crippen LogP contribution in [0.5, 0.6) is 0 Å². The quantitative estimate of drug-likeness (QED) is 0.717. The Morgan fingerprint density at radius 3 is 2.68 bits per heavy atom. The van der Waals surface area contributed by atoms with Gasteiger partial charge in [-0.15, -0.1) is 0 Å². The lowest BCUT2D eigenvalue weighted by molar-refractivity contribution is 0.716. The van der Waals surface area contributed by atoms with Crippen LogP contribution < -0.4 is 5.32 Å². The maximum absolute atomic E-state index is 6.00. The standard InChI is InChI=1S/C18H20ClN3/c1-3-20-9-8-14-11-18-17(21-12-14)10-13(2)22(18)16-6-4-15(19)5-7-16/h4-7,10-12,20H,3,8-9H2,1-2H3. The molecule has 2 aromatic heterocycles. The lowest BCUT2D eigenvalue weighted by Gasteiger charge is -2.09. The molecular formula is C18H20ClN3. The number of likely N-dealkylation sites (N-methyl/N-ethyl adjacent to an activating group) is 1. The molecule has 1 aromatic carbocycles. The normalized spacial score (nSPS) is 11.2. The molecule has 3 rings (SSSR count). The predicted octanol–water partition coefficient (Wildman–Crippen LogP) is 4.14. The largest absolute Gasteiger partial charge is 0.317 e. The Morgan fingerprint density at radius 1 is 1.18 bits per heavy atom. The number of hydrogen-bond acceptors (Lipinski definition) is 2. The van der Waals surface area contributed by atoms with Crippen molar-refractivity contribution < 1.29 is 0 Å². The number of pyridine rings is 1. The Hall–Kier alpha value is -1.84. The average Bonchev–Trinajstić information content (AvgIpc) is 2.84. The zero-order chi connectivity index (χ0) is 15.5. The fraction of sp³-hybridized carbons (Fsp3) is 0.278. The summed E-state index contributed by atoms with van der Waals surface area (Å²) in [5.74, 6) is 0. The van der Waals surface area contributed by atoms with Gasteiger partial charge in [-0.25, -0.2) is 0 Å². The van der Waals surface area contributed by atoms with Crippen molar-refractivity contribution >= 4 is 22.6 Å². The fourth-order valence-electron chi connectivity index (χ4n) is 2.73. The maximum Gasteiger partial charge on any atom is 0.0887 e. The summed E-state index contributed by atoms with van der Waals surface area (Å²) in [4.78, 5) is 4.61. The summed E-state index contributed by atoms with van der Waals surface area (Å²) in [5.41, 5.74) is 5.71. The smallest absolute Gasteiger partial charge is 0.0887 e. The minimum atomic E-state index is 0.752. The Labute approximate surface area is 135 Å². The number of rotatable bonds is 5. The lowest BCUT2D eigenvalue weighted by atomic mass is 10.2. The van der Waals surface area contributed by atoms with Gasteiger partial charge in [0, 0.05) is 22.6 Å². The summed E-state index contributed by atoms with van der Waals surface area (Å²) in [5, 5.41) is 4.11. The van der Waals surface area contributed by atoms with Crippen molar-refractivity contribution in [2.45, 2.75) is 20.3 Å². The van der Waals surface area contributed by atoms with Crippen molar-refractivity contribution in [2.75, 3.05) is 13.1 Å². The third-order valence-electron chi connectivity index (χ3n) is 3.82. The Bertz CT molecular complexity index is 775. The molecular weight excluding hydrogens is 294 g/mol. The number of nitrogens with one attached hydrogen (secondary N) is 1. The summed E-state index contributed by atoms with van der Waals surface area (Å²) in [6.45, 7) is 6.20. The van der Waals surface area contributed by atoms with E-state index in [9.17, 15) is 0 Å². The molecule has 0 fully saturated rings. The van der Waals surface area contributed by atoms with Crippen molar-refractivity contribution in [3.63, 3.8) is 0 Å². The molecule has 0 aliphatic heterocycles. The maximum atomic E-state index is 6.00. The molecule has 22 heavy (non-hydrogen) atoms. The first-order chi connectivity index (χ1) is 10.7. The van der Waals surface area contributed by atoms with Crippen LogP contribution in [0, 0.1) is 6.92 Å². The summed E-state index contributed by atoms with van der Waals surface area (Å²) in [7, 11) is 0. The number of benzene rings is 1. The molecule has 0 aliphatic rings. The van der Waals surface area contributed by atoms with Crippen LogP contribution in [0.2, 0.25) is 5.02 Å². The van der Waals surface area contributed by atoms with Gasteiger partial charge < -0.3 is 9.88 Å². The highest BCUT2D eigenvalue weighted by Gasteiger charge is 2.09. The number of hydrogen-bond donors (Lipinski definition) is 1.